The Balaban J connectivity index is 1.44. The fraction of sp³-hybridized carbons (Fsp3) is 0.429. The first-order valence-corrected chi connectivity index (χ1v) is 9.69. The third kappa shape index (κ3) is 3.50. The van der Waals surface area contributed by atoms with Gasteiger partial charge in [0.05, 0.1) is 23.8 Å². The molecule has 8 heteroatoms. The summed E-state index contributed by atoms with van der Waals surface area (Å²) < 4.78 is 11.0. The number of hydrazone groups is 1. The van der Waals surface area contributed by atoms with Crippen molar-refractivity contribution < 1.29 is 18.9 Å². The average Bonchev–Trinajstić information content (AvgIpc) is 3.08. The number of hydrogen-bond acceptors (Lipinski definition) is 6. The lowest BCUT2D eigenvalue weighted by Crippen LogP contribution is -2.22. The zero-order valence-electron chi connectivity index (χ0n) is 16.4. The molecule has 1 heterocycles. The highest BCUT2D eigenvalue weighted by atomic mass is 16.6. The van der Waals surface area contributed by atoms with Crippen LogP contribution in [-0.2, 0) is 4.79 Å². The smallest absolute Gasteiger partial charge is 0.270 e. The number of non-ortho nitro benzene ring substituents is 1. The first-order valence-electron chi connectivity index (χ1n) is 9.69. The van der Waals surface area contributed by atoms with E-state index in [2.05, 4.69) is 17.5 Å². The van der Waals surface area contributed by atoms with Gasteiger partial charge in [-0.2, -0.15) is 5.10 Å². The van der Waals surface area contributed by atoms with E-state index in [9.17, 15) is 14.9 Å². The molecule has 0 bridgehead atoms. The quantitative estimate of drug-likeness (QED) is 0.448. The van der Waals surface area contributed by atoms with Gasteiger partial charge in [0, 0.05) is 18.1 Å². The van der Waals surface area contributed by atoms with Gasteiger partial charge in [-0.3, -0.25) is 14.9 Å². The van der Waals surface area contributed by atoms with E-state index in [1.807, 2.05) is 0 Å². The van der Waals surface area contributed by atoms with E-state index >= 15 is 0 Å². The first kappa shape index (κ1) is 19.2. The molecule has 0 spiro atoms. The van der Waals surface area contributed by atoms with Gasteiger partial charge in [-0.1, -0.05) is 19.8 Å². The molecular formula is C21H23N3O5. The Morgan fingerprint density at radius 3 is 2.90 bits per heavy atom. The topological polar surface area (TPSA) is 107 Å². The summed E-state index contributed by atoms with van der Waals surface area (Å²) >= 11 is 0. The van der Waals surface area contributed by atoms with E-state index in [1.54, 1.807) is 12.1 Å². The largest absolute Gasteiger partial charge is 0.496 e. The van der Waals surface area contributed by atoms with Crippen molar-refractivity contribution in [2.24, 2.45) is 22.4 Å². The monoisotopic (exact) mass is 397 g/mol. The number of furan rings is 1. The van der Waals surface area contributed by atoms with Crippen molar-refractivity contribution in [2.45, 2.75) is 32.6 Å². The molecule has 2 aliphatic rings. The van der Waals surface area contributed by atoms with E-state index in [1.165, 1.54) is 44.4 Å². The van der Waals surface area contributed by atoms with Crippen molar-refractivity contribution in [1.29, 1.82) is 0 Å². The summed E-state index contributed by atoms with van der Waals surface area (Å²) in [7, 11) is 1.49. The minimum atomic E-state index is -0.472. The summed E-state index contributed by atoms with van der Waals surface area (Å²) in [4.78, 5) is 23.0. The second-order valence-electron chi connectivity index (χ2n) is 7.91. The minimum absolute atomic E-state index is 0.0391. The Labute approximate surface area is 168 Å². The van der Waals surface area contributed by atoms with E-state index in [0.717, 1.165) is 12.8 Å². The van der Waals surface area contributed by atoms with Gasteiger partial charge in [0.2, 0.25) is 5.91 Å². The number of benzene rings is 1. The van der Waals surface area contributed by atoms with Gasteiger partial charge in [-0.15, -0.1) is 0 Å². The molecule has 3 atom stereocenters. The lowest BCUT2D eigenvalue weighted by molar-refractivity contribution is -0.384. The Kier molecular flexibility index (Phi) is 4.86. The van der Waals surface area contributed by atoms with Gasteiger partial charge >= 0.3 is 0 Å². The zero-order valence-corrected chi connectivity index (χ0v) is 16.4. The van der Waals surface area contributed by atoms with Gasteiger partial charge in [-0.25, -0.2) is 5.43 Å². The predicted octanol–water partition coefficient (Wildman–Crippen LogP) is 4.14. The molecule has 8 nitrogen and oxygen atoms in total. The lowest BCUT2D eigenvalue weighted by Gasteiger charge is -2.15. The minimum Gasteiger partial charge on any atom is -0.496 e. The van der Waals surface area contributed by atoms with Gasteiger partial charge in [-0.05, 0) is 42.4 Å². The second-order valence-corrected chi connectivity index (χ2v) is 7.91. The van der Waals surface area contributed by atoms with E-state index < -0.39 is 4.92 Å². The number of amides is 1. The van der Waals surface area contributed by atoms with E-state index in [0.29, 0.717) is 28.8 Å². The SMILES string of the molecule is COc1ccc([N+](=O)[O-])cc1-c1ccc(/C=N\NC(=O)[C@@H]2[C@@H]3CCCC[C@]23C)o1. The van der Waals surface area contributed by atoms with Crippen molar-refractivity contribution in [1.82, 2.24) is 5.43 Å². The van der Waals surface area contributed by atoms with Gasteiger partial charge in [0.15, 0.2) is 0 Å². The van der Waals surface area contributed by atoms with Crippen LogP contribution in [-0.4, -0.2) is 24.2 Å². The number of hydrogen-bond donors (Lipinski definition) is 1. The van der Waals surface area contributed by atoms with Crippen LogP contribution in [0.2, 0.25) is 0 Å². The molecule has 4 rings (SSSR count). The first-order chi connectivity index (χ1) is 13.9. The number of rotatable bonds is 6. The lowest BCUT2D eigenvalue weighted by atomic mass is 9.90. The van der Waals surface area contributed by atoms with Crippen molar-refractivity contribution >= 4 is 17.8 Å². The average molecular weight is 397 g/mol. The third-order valence-electron chi connectivity index (χ3n) is 6.27. The number of carbonyl (C=O) groups is 1. The highest BCUT2D eigenvalue weighted by Gasteiger charge is 2.64. The van der Waals surface area contributed by atoms with Crippen molar-refractivity contribution in [3.63, 3.8) is 0 Å². The van der Waals surface area contributed by atoms with Crippen LogP contribution in [0.4, 0.5) is 5.69 Å². The number of ether oxygens (including phenoxy) is 1. The van der Waals surface area contributed by atoms with Crippen molar-refractivity contribution in [3.05, 3.63) is 46.2 Å². The fourth-order valence-corrected chi connectivity index (χ4v) is 4.65. The molecule has 0 aliphatic heterocycles. The standard InChI is InChI=1S/C21H23N3O5/c1-21-10-4-3-5-16(21)19(21)20(25)23-22-12-14-7-9-18(29-14)15-11-13(24(26)27)6-8-17(15)28-2/h6-9,11-12,16,19H,3-5,10H2,1-2H3,(H,23,25)/b22-12-/t16-,19-,21-/m0/s1. The Morgan fingerprint density at radius 2 is 2.21 bits per heavy atom. The number of methoxy groups -OCH3 is 1. The summed E-state index contributed by atoms with van der Waals surface area (Å²) in [6.45, 7) is 2.19. The molecule has 1 N–H and O–H groups in total. The molecule has 2 saturated carbocycles. The maximum atomic E-state index is 12.4. The Morgan fingerprint density at radius 1 is 1.38 bits per heavy atom. The molecule has 0 saturated heterocycles. The normalized spacial score (nSPS) is 25.4. The molecule has 1 amide bonds. The van der Waals surface area contributed by atoms with Crippen LogP contribution in [0.1, 0.15) is 38.4 Å². The van der Waals surface area contributed by atoms with Crippen LogP contribution in [0.15, 0.2) is 39.9 Å². The predicted molar refractivity (Wildman–Crippen MR) is 107 cm³/mol. The highest BCUT2D eigenvalue weighted by molar-refractivity contribution is 5.85. The number of nitrogens with zero attached hydrogens (tertiary/aromatic N) is 2. The third-order valence-corrected chi connectivity index (χ3v) is 6.27. The van der Waals surface area contributed by atoms with Crippen LogP contribution in [0.5, 0.6) is 5.75 Å². The van der Waals surface area contributed by atoms with Crippen LogP contribution < -0.4 is 10.2 Å². The van der Waals surface area contributed by atoms with Crippen LogP contribution in [0.3, 0.4) is 0 Å². The van der Waals surface area contributed by atoms with Crippen LogP contribution in [0, 0.1) is 27.4 Å². The van der Waals surface area contributed by atoms with Crippen LogP contribution >= 0.6 is 0 Å². The molecule has 29 heavy (non-hydrogen) atoms. The van der Waals surface area contributed by atoms with Crippen molar-refractivity contribution in [2.75, 3.05) is 7.11 Å². The summed E-state index contributed by atoms with van der Waals surface area (Å²) in [5.41, 5.74) is 3.18. The maximum absolute atomic E-state index is 12.4. The number of fused-ring (bicyclic) bond motifs is 1. The fourth-order valence-electron chi connectivity index (χ4n) is 4.65. The van der Waals surface area contributed by atoms with E-state index in [4.69, 9.17) is 9.15 Å². The van der Waals surface area contributed by atoms with Crippen molar-refractivity contribution in [3.8, 4) is 17.1 Å². The summed E-state index contributed by atoms with van der Waals surface area (Å²) in [5, 5.41) is 15.1. The number of carbonyl (C=O) groups excluding carboxylic acids is 1. The number of nitro benzene ring substituents is 1. The molecular weight excluding hydrogens is 374 g/mol. The maximum Gasteiger partial charge on any atom is 0.270 e. The molecule has 2 aromatic rings. The van der Waals surface area contributed by atoms with Crippen LogP contribution in [0.25, 0.3) is 11.3 Å². The van der Waals surface area contributed by atoms with Gasteiger partial charge in [0.1, 0.15) is 17.3 Å². The van der Waals surface area contributed by atoms with Gasteiger partial charge < -0.3 is 9.15 Å². The molecule has 2 aliphatic carbocycles. The van der Waals surface area contributed by atoms with E-state index in [-0.39, 0.29) is 22.9 Å². The Hall–Kier alpha value is -3.16. The molecule has 1 aromatic heterocycles. The second kappa shape index (κ2) is 7.35. The molecule has 1 aromatic carbocycles. The molecule has 2 fully saturated rings. The number of nitrogens with one attached hydrogen (secondary N) is 1. The summed E-state index contributed by atoms with van der Waals surface area (Å²) in [6.07, 6.45) is 6.04. The highest BCUT2D eigenvalue weighted by Crippen LogP contribution is 2.66. The molecule has 0 unspecified atom stereocenters. The molecule has 0 radical (unpaired) electrons. The molecule has 152 valence electrons. The number of nitro groups is 1. The Bertz CT molecular complexity index is 982. The summed E-state index contributed by atoms with van der Waals surface area (Å²) in [6, 6.07) is 7.66. The summed E-state index contributed by atoms with van der Waals surface area (Å²) in [5.74, 6) is 1.79. The zero-order chi connectivity index (χ0) is 20.6. The van der Waals surface area contributed by atoms with Gasteiger partial charge in [0.25, 0.3) is 5.69 Å².